The third-order valence-corrected chi connectivity index (χ3v) is 4.73. The summed E-state index contributed by atoms with van der Waals surface area (Å²) < 4.78 is 6.62. The topological polar surface area (TPSA) is 29.5 Å². The van der Waals surface area contributed by atoms with Gasteiger partial charge in [-0.3, -0.25) is 4.90 Å². The number of amides is 1. The standard InChI is InChI=1S/C21H26BrNO2/c1-16(2)14-23(20(24)25-15-17-8-6-5-7-9-17)21(3,4)18-10-12-19(22)13-11-18/h5-13,16H,14-15H2,1-4H3. The Hall–Kier alpha value is -1.81. The normalized spacial score (nSPS) is 11.4. The van der Waals surface area contributed by atoms with Gasteiger partial charge in [0.15, 0.2) is 0 Å². The highest BCUT2D eigenvalue weighted by molar-refractivity contribution is 9.10. The lowest BCUT2D eigenvalue weighted by Crippen LogP contribution is -2.47. The summed E-state index contributed by atoms with van der Waals surface area (Å²) in [5, 5.41) is 0. The summed E-state index contributed by atoms with van der Waals surface area (Å²) in [5.41, 5.74) is 1.61. The highest BCUT2D eigenvalue weighted by atomic mass is 79.9. The predicted molar refractivity (Wildman–Crippen MR) is 105 cm³/mol. The fraction of sp³-hybridized carbons (Fsp3) is 0.381. The van der Waals surface area contributed by atoms with Gasteiger partial charge in [-0.2, -0.15) is 0 Å². The Morgan fingerprint density at radius 1 is 1.08 bits per heavy atom. The molecule has 2 aromatic carbocycles. The van der Waals surface area contributed by atoms with E-state index in [1.807, 2.05) is 59.5 Å². The van der Waals surface area contributed by atoms with Crippen LogP contribution < -0.4 is 0 Å². The first-order valence-corrected chi connectivity index (χ1v) is 9.34. The molecule has 2 rings (SSSR count). The minimum atomic E-state index is -0.460. The van der Waals surface area contributed by atoms with Gasteiger partial charge in [0.1, 0.15) is 6.61 Å². The van der Waals surface area contributed by atoms with Gasteiger partial charge >= 0.3 is 6.09 Å². The molecule has 0 heterocycles. The van der Waals surface area contributed by atoms with Crippen molar-refractivity contribution in [2.24, 2.45) is 5.92 Å². The molecule has 0 fully saturated rings. The molecule has 0 aromatic heterocycles. The van der Waals surface area contributed by atoms with Crippen LogP contribution in [0.5, 0.6) is 0 Å². The van der Waals surface area contributed by atoms with E-state index in [-0.39, 0.29) is 12.7 Å². The highest BCUT2D eigenvalue weighted by Gasteiger charge is 2.34. The Labute approximate surface area is 159 Å². The molecule has 0 saturated heterocycles. The van der Waals surface area contributed by atoms with Gasteiger partial charge < -0.3 is 4.74 Å². The molecule has 1 amide bonds. The van der Waals surface area contributed by atoms with Crippen LogP contribution in [-0.4, -0.2) is 17.5 Å². The van der Waals surface area contributed by atoms with E-state index in [2.05, 4.69) is 43.6 Å². The highest BCUT2D eigenvalue weighted by Crippen LogP contribution is 2.30. The minimum Gasteiger partial charge on any atom is -0.445 e. The average molecular weight is 404 g/mol. The lowest BCUT2D eigenvalue weighted by atomic mass is 9.91. The third kappa shape index (κ3) is 5.33. The lowest BCUT2D eigenvalue weighted by Gasteiger charge is -2.39. The van der Waals surface area contributed by atoms with Crippen molar-refractivity contribution in [2.75, 3.05) is 6.54 Å². The van der Waals surface area contributed by atoms with Gasteiger partial charge in [-0.05, 0) is 43.0 Å². The molecule has 134 valence electrons. The second kappa shape index (κ2) is 8.52. The number of benzene rings is 2. The Bertz CT molecular complexity index is 681. The molecule has 0 unspecified atom stereocenters. The second-order valence-corrected chi connectivity index (χ2v) is 8.03. The molecular formula is C21H26BrNO2. The van der Waals surface area contributed by atoms with Crippen LogP contribution in [0, 0.1) is 5.92 Å². The van der Waals surface area contributed by atoms with Gasteiger partial charge in [-0.15, -0.1) is 0 Å². The molecule has 2 aromatic rings. The maximum absolute atomic E-state index is 12.8. The number of hydrogen-bond donors (Lipinski definition) is 0. The van der Waals surface area contributed by atoms with Gasteiger partial charge in [0.25, 0.3) is 0 Å². The van der Waals surface area contributed by atoms with Crippen LogP contribution >= 0.6 is 15.9 Å². The quantitative estimate of drug-likeness (QED) is 0.593. The predicted octanol–water partition coefficient (Wildman–Crippen LogP) is 5.98. The smallest absolute Gasteiger partial charge is 0.410 e. The number of rotatable bonds is 6. The number of hydrogen-bond acceptors (Lipinski definition) is 2. The van der Waals surface area contributed by atoms with E-state index in [9.17, 15) is 4.79 Å². The maximum atomic E-state index is 12.8. The zero-order valence-corrected chi connectivity index (χ0v) is 16.9. The Balaban J connectivity index is 2.18. The lowest BCUT2D eigenvalue weighted by molar-refractivity contribution is 0.0497. The van der Waals surface area contributed by atoms with Crippen LogP contribution in [0.2, 0.25) is 0 Å². The van der Waals surface area contributed by atoms with Crippen LogP contribution in [-0.2, 0) is 16.9 Å². The van der Waals surface area contributed by atoms with E-state index in [0.29, 0.717) is 12.5 Å². The van der Waals surface area contributed by atoms with E-state index in [4.69, 9.17) is 4.74 Å². The van der Waals surface area contributed by atoms with E-state index in [0.717, 1.165) is 15.6 Å². The van der Waals surface area contributed by atoms with Crippen molar-refractivity contribution in [2.45, 2.75) is 39.8 Å². The summed E-state index contributed by atoms with van der Waals surface area (Å²) in [6.07, 6.45) is -0.287. The van der Waals surface area contributed by atoms with Gasteiger partial charge in [0.2, 0.25) is 0 Å². The van der Waals surface area contributed by atoms with E-state index < -0.39 is 5.54 Å². The van der Waals surface area contributed by atoms with Gasteiger partial charge in [-0.25, -0.2) is 4.79 Å². The Morgan fingerprint density at radius 3 is 2.24 bits per heavy atom. The largest absolute Gasteiger partial charge is 0.445 e. The maximum Gasteiger partial charge on any atom is 0.410 e. The first kappa shape index (κ1) is 19.5. The van der Waals surface area contributed by atoms with E-state index >= 15 is 0 Å². The number of halogens is 1. The molecular weight excluding hydrogens is 378 g/mol. The summed E-state index contributed by atoms with van der Waals surface area (Å²) in [6, 6.07) is 17.8. The monoisotopic (exact) mass is 403 g/mol. The molecule has 3 nitrogen and oxygen atoms in total. The average Bonchev–Trinajstić information content (AvgIpc) is 2.58. The first-order chi connectivity index (χ1) is 11.8. The third-order valence-electron chi connectivity index (χ3n) is 4.20. The Morgan fingerprint density at radius 2 is 1.68 bits per heavy atom. The van der Waals surface area contributed by atoms with Crippen LogP contribution in [0.1, 0.15) is 38.8 Å². The van der Waals surface area contributed by atoms with Crippen molar-refractivity contribution in [1.29, 1.82) is 0 Å². The van der Waals surface area contributed by atoms with E-state index in [1.54, 1.807) is 0 Å². The molecule has 0 aliphatic carbocycles. The van der Waals surface area contributed by atoms with Gasteiger partial charge in [0.05, 0.1) is 5.54 Å². The summed E-state index contributed by atoms with van der Waals surface area (Å²) in [7, 11) is 0. The van der Waals surface area contributed by atoms with Crippen LogP contribution in [0.25, 0.3) is 0 Å². The SMILES string of the molecule is CC(C)CN(C(=O)OCc1ccccc1)C(C)(C)c1ccc(Br)cc1. The van der Waals surface area contributed by atoms with Crippen molar-refractivity contribution in [3.05, 3.63) is 70.2 Å². The zero-order valence-electron chi connectivity index (χ0n) is 15.3. The van der Waals surface area contributed by atoms with Crippen molar-refractivity contribution < 1.29 is 9.53 Å². The molecule has 0 N–H and O–H groups in total. The van der Waals surface area contributed by atoms with Crippen molar-refractivity contribution >= 4 is 22.0 Å². The zero-order chi connectivity index (χ0) is 18.4. The Kier molecular flexibility index (Phi) is 6.65. The van der Waals surface area contributed by atoms with Gasteiger partial charge in [0, 0.05) is 11.0 Å². The van der Waals surface area contributed by atoms with E-state index in [1.165, 1.54) is 0 Å². The summed E-state index contributed by atoms with van der Waals surface area (Å²) in [4.78, 5) is 14.7. The van der Waals surface area contributed by atoms with Crippen LogP contribution in [0.15, 0.2) is 59.1 Å². The number of nitrogens with zero attached hydrogens (tertiary/aromatic N) is 1. The molecule has 0 atom stereocenters. The fourth-order valence-corrected chi connectivity index (χ4v) is 2.97. The van der Waals surface area contributed by atoms with Crippen molar-refractivity contribution in [3.8, 4) is 0 Å². The number of carbonyl (C=O) groups excluding carboxylic acids is 1. The minimum absolute atomic E-state index is 0.282. The molecule has 0 aliphatic heterocycles. The summed E-state index contributed by atoms with van der Waals surface area (Å²) in [6.45, 7) is 9.25. The van der Waals surface area contributed by atoms with Crippen molar-refractivity contribution in [1.82, 2.24) is 4.90 Å². The number of ether oxygens (including phenoxy) is 1. The summed E-state index contributed by atoms with van der Waals surface area (Å²) in [5.74, 6) is 0.346. The molecule has 0 bridgehead atoms. The summed E-state index contributed by atoms with van der Waals surface area (Å²) >= 11 is 3.46. The second-order valence-electron chi connectivity index (χ2n) is 7.11. The first-order valence-electron chi connectivity index (χ1n) is 8.55. The molecule has 0 radical (unpaired) electrons. The van der Waals surface area contributed by atoms with Crippen molar-refractivity contribution in [3.63, 3.8) is 0 Å². The molecule has 4 heteroatoms. The molecule has 0 spiro atoms. The number of carbonyl (C=O) groups is 1. The molecule has 25 heavy (non-hydrogen) atoms. The molecule has 0 aliphatic rings. The van der Waals surface area contributed by atoms with Crippen LogP contribution in [0.3, 0.4) is 0 Å². The van der Waals surface area contributed by atoms with Gasteiger partial charge in [-0.1, -0.05) is 72.2 Å². The van der Waals surface area contributed by atoms with Crippen LogP contribution in [0.4, 0.5) is 4.79 Å². The molecule has 0 saturated carbocycles. The fourth-order valence-electron chi connectivity index (χ4n) is 2.71.